The molecule has 0 aliphatic heterocycles. The van der Waals surface area contributed by atoms with Crippen LogP contribution >= 0.6 is 11.8 Å². The van der Waals surface area contributed by atoms with Gasteiger partial charge >= 0.3 is 0 Å². The highest BCUT2D eigenvalue weighted by Crippen LogP contribution is 2.19. The highest BCUT2D eigenvalue weighted by molar-refractivity contribution is 7.98. The van der Waals surface area contributed by atoms with E-state index in [2.05, 4.69) is 15.3 Å². The molecule has 20 heavy (non-hydrogen) atoms. The van der Waals surface area contributed by atoms with Gasteiger partial charge in [0.1, 0.15) is 0 Å². The fourth-order valence-electron chi connectivity index (χ4n) is 2.77. The van der Waals surface area contributed by atoms with E-state index in [1.54, 1.807) is 11.8 Å². The molecule has 1 aliphatic carbocycles. The number of amides is 1. The third kappa shape index (κ3) is 3.95. The standard InChI is InChI=1S/C15H23N3OS/c1-10-13(11(2)17-15(16-10)20-3)8-9-14(19)18-12-6-4-5-7-12/h12H,4-9H2,1-3H3,(H,18,19). The molecule has 1 fully saturated rings. The van der Waals surface area contributed by atoms with Crippen LogP contribution in [0.1, 0.15) is 49.1 Å². The van der Waals surface area contributed by atoms with Crippen molar-refractivity contribution in [2.45, 2.75) is 63.6 Å². The quantitative estimate of drug-likeness (QED) is 0.670. The maximum absolute atomic E-state index is 12.0. The lowest BCUT2D eigenvalue weighted by Crippen LogP contribution is -2.32. The van der Waals surface area contributed by atoms with Gasteiger partial charge in [0.25, 0.3) is 0 Å². The molecule has 1 aromatic rings. The molecule has 2 rings (SSSR count). The van der Waals surface area contributed by atoms with E-state index in [1.807, 2.05) is 20.1 Å². The first-order valence-corrected chi connectivity index (χ1v) is 8.50. The highest BCUT2D eigenvalue weighted by Gasteiger charge is 2.17. The van der Waals surface area contributed by atoms with Crippen molar-refractivity contribution in [2.24, 2.45) is 0 Å². The van der Waals surface area contributed by atoms with Crippen molar-refractivity contribution in [2.75, 3.05) is 6.26 Å². The SMILES string of the molecule is CSc1nc(C)c(CCC(=O)NC2CCCC2)c(C)n1. The van der Waals surface area contributed by atoms with Crippen LogP contribution in [0.15, 0.2) is 5.16 Å². The fraction of sp³-hybridized carbons (Fsp3) is 0.667. The monoisotopic (exact) mass is 293 g/mol. The molecule has 4 nitrogen and oxygen atoms in total. The molecule has 0 bridgehead atoms. The third-order valence-corrected chi connectivity index (χ3v) is 4.45. The number of nitrogens with one attached hydrogen (secondary N) is 1. The van der Waals surface area contributed by atoms with Crippen molar-refractivity contribution in [1.82, 2.24) is 15.3 Å². The minimum atomic E-state index is 0.157. The number of rotatable bonds is 5. The van der Waals surface area contributed by atoms with Gasteiger partial charge in [0.15, 0.2) is 5.16 Å². The summed E-state index contributed by atoms with van der Waals surface area (Å²) in [7, 11) is 0. The van der Waals surface area contributed by atoms with E-state index in [9.17, 15) is 4.79 Å². The Morgan fingerprint density at radius 2 is 1.85 bits per heavy atom. The van der Waals surface area contributed by atoms with Gasteiger partial charge in [0.2, 0.25) is 5.91 Å². The van der Waals surface area contributed by atoms with Crippen LogP contribution < -0.4 is 5.32 Å². The van der Waals surface area contributed by atoms with Crippen molar-refractivity contribution < 1.29 is 4.79 Å². The maximum atomic E-state index is 12.0. The minimum absolute atomic E-state index is 0.157. The zero-order valence-corrected chi connectivity index (χ0v) is 13.3. The lowest BCUT2D eigenvalue weighted by molar-refractivity contribution is -0.121. The summed E-state index contributed by atoms with van der Waals surface area (Å²) in [6.45, 7) is 4.00. The lowest BCUT2D eigenvalue weighted by Gasteiger charge is -2.13. The van der Waals surface area contributed by atoms with Crippen molar-refractivity contribution >= 4 is 17.7 Å². The average Bonchev–Trinajstić information content (AvgIpc) is 2.90. The van der Waals surface area contributed by atoms with Gasteiger partial charge in [-0.3, -0.25) is 4.79 Å². The Kier molecular flexibility index (Phi) is 5.40. The molecule has 1 aliphatic rings. The Morgan fingerprint density at radius 1 is 1.25 bits per heavy atom. The van der Waals surface area contributed by atoms with E-state index in [4.69, 9.17) is 0 Å². The van der Waals surface area contributed by atoms with Gasteiger partial charge < -0.3 is 5.32 Å². The number of aryl methyl sites for hydroxylation is 2. The molecule has 1 N–H and O–H groups in total. The number of hydrogen-bond acceptors (Lipinski definition) is 4. The molecular weight excluding hydrogens is 270 g/mol. The van der Waals surface area contributed by atoms with Crippen LogP contribution in [0, 0.1) is 13.8 Å². The first-order chi connectivity index (χ1) is 9.60. The number of aromatic nitrogens is 2. The molecule has 0 atom stereocenters. The molecule has 1 saturated carbocycles. The van der Waals surface area contributed by atoms with Crippen LogP contribution in [0.4, 0.5) is 0 Å². The molecule has 1 aromatic heterocycles. The minimum Gasteiger partial charge on any atom is -0.353 e. The molecule has 1 amide bonds. The molecule has 0 aromatic carbocycles. The first kappa shape index (κ1) is 15.3. The molecule has 1 heterocycles. The van der Waals surface area contributed by atoms with Gasteiger partial charge in [-0.25, -0.2) is 9.97 Å². The number of hydrogen-bond donors (Lipinski definition) is 1. The van der Waals surface area contributed by atoms with Crippen LogP contribution in [0.5, 0.6) is 0 Å². The fourth-order valence-corrected chi connectivity index (χ4v) is 3.23. The summed E-state index contributed by atoms with van der Waals surface area (Å²) in [6.07, 6.45) is 7.99. The van der Waals surface area contributed by atoms with Gasteiger partial charge in [0.05, 0.1) is 0 Å². The Balaban J connectivity index is 1.91. The summed E-state index contributed by atoms with van der Waals surface area (Å²) in [5.74, 6) is 0.157. The zero-order chi connectivity index (χ0) is 14.5. The summed E-state index contributed by atoms with van der Waals surface area (Å²) in [5, 5.41) is 3.93. The Hall–Kier alpha value is -1.10. The number of carbonyl (C=O) groups excluding carboxylic acids is 1. The second-order valence-electron chi connectivity index (χ2n) is 5.41. The largest absolute Gasteiger partial charge is 0.353 e. The zero-order valence-electron chi connectivity index (χ0n) is 12.5. The van der Waals surface area contributed by atoms with Gasteiger partial charge in [0, 0.05) is 23.9 Å². The van der Waals surface area contributed by atoms with E-state index >= 15 is 0 Å². The summed E-state index contributed by atoms with van der Waals surface area (Å²) in [6, 6.07) is 0.403. The number of carbonyl (C=O) groups is 1. The summed E-state index contributed by atoms with van der Waals surface area (Å²) in [4.78, 5) is 20.9. The predicted octanol–water partition coefficient (Wildman–Crippen LogP) is 2.81. The second kappa shape index (κ2) is 7.07. The van der Waals surface area contributed by atoms with Crippen LogP contribution in [-0.2, 0) is 11.2 Å². The van der Waals surface area contributed by atoms with Crippen molar-refractivity contribution in [3.05, 3.63) is 17.0 Å². The number of thioether (sulfide) groups is 1. The topological polar surface area (TPSA) is 54.9 Å². The summed E-state index contributed by atoms with van der Waals surface area (Å²) in [5.41, 5.74) is 3.11. The molecule has 0 spiro atoms. The van der Waals surface area contributed by atoms with E-state index in [0.717, 1.165) is 41.4 Å². The summed E-state index contributed by atoms with van der Waals surface area (Å²) >= 11 is 1.55. The third-order valence-electron chi connectivity index (χ3n) is 3.91. The normalized spacial score (nSPS) is 15.6. The second-order valence-corrected chi connectivity index (χ2v) is 6.18. The van der Waals surface area contributed by atoms with Crippen LogP contribution in [0.2, 0.25) is 0 Å². The van der Waals surface area contributed by atoms with Crippen LogP contribution in [0.25, 0.3) is 0 Å². The average molecular weight is 293 g/mol. The van der Waals surface area contributed by atoms with Gasteiger partial charge in [-0.2, -0.15) is 0 Å². The molecule has 0 saturated heterocycles. The van der Waals surface area contributed by atoms with E-state index in [1.165, 1.54) is 12.8 Å². The van der Waals surface area contributed by atoms with Gasteiger partial charge in [-0.15, -0.1) is 0 Å². The molecule has 5 heteroatoms. The van der Waals surface area contributed by atoms with Crippen molar-refractivity contribution in [1.29, 1.82) is 0 Å². The van der Waals surface area contributed by atoms with E-state index in [0.29, 0.717) is 12.5 Å². The van der Waals surface area contributed by atoms with Gasteiger partial charge in [-0.1, -0.05) is 24.6 Å². The van der Waals surface area contributed by atoms with E-state index < -0.39 is 0 Å². The number of nitrogens with zero attached hydrogens (tertiary/aromatic N) is 2. The Bertz CT molecular complexity index is 461. The van der Waals surface area contributed by atoms with Crippen LogP contribution in [-0.4, -0.2) is 28.2 Å². The first-order valence-electron chi connectivity index (χ1n) is 7.27. The smallest absolute Gasteiger partial charge is 0.220 e. The molecule has 110 valence electrons. The highest BCUT2D eigenvalue weighted by atomic mass is 32.2. The van der Waals surface area contributed by atoms with Crippen LogP contribution in [0.3, 0.4) is 0 Å². The predicted molar refractivity (Wildman–Crippen MR) is 82.0 cm³/mol. The molecule has 0 unspecified atom stereocenters. The molecular formula is C15H23N3OS. The van der Waals surface area contributed by atoms with Crippen molar-refractivity contribution in [3.63, 3.8) is 0 Å². The Labute approximate surface area is 125 Å². The van der Waals surface area contributed by atoms with Crippen molar-refractivity contribution in [3.8, 4) is 0 Å². The Morgan fingerprint density at radius 3 is 2.40 bits per heavy atom. The molecule has 0 radical (unpaired) electrons. The lowest BCUT2D eigenvalue weighted by atomic mass is 10.1. The van der Waals surface area contributed by atoms with E-state index in [-0.39, 0.29) is 5.91 Å². The maximum Gasteiger partial charge on any atom is 0.220 e. The van der Waals surface area contributed by atoms with Gasteiger partial charge in [-0.05, 0) is 44.9 Å². The summed E-state index contributed by atoms with van der Waals surface area (Å²) < 4.78 is 0.